The van der Waals surface area contributed by atoms with Gasteiger partial charge in [0.05, 0.1) is 11.2 Å². The van der Waals surface area contributed by atoms with Crippen LogP contribution in [0.2, 0.25) is 0 Å². The maximum absolute atomic E-state index is 11.2. The fraction of sp³-hybridized carbons (Fsp3) is 0.158. The van der Waals surface area contributed by atoms with Crippen molar-refractivity contribution in [3.8, 4) is 11.3 Å². The fourth-order valence-corrected chi connectivity index (χ4v) is 2.55. The number of hydrogen-bond donors (Lipinski definition) is 2. The summed E-state index contributed by atoms with van der Waals surface area (Å²) >= 11 is 0. The summed E-state index contributed by atoms with van der Waals surface area (Å²) in [6.07, 6.45) is 0.276. The molecule has 116 valence electrons. The summed E-state index contributed by atoms with van der Waals surface area (Å²) in [4.78, 5) is 15.8. The molecule has 1 aromatic heterocycles. The smallest absolute Gasteiger partial charge is 0.323 e. The van der Waals surface area contributed by atoms with Crippen LogP contribution in [0, 0.1) is 0 Å². The zero-order valence-electron chi connectivity index (χ0n) is 12.9. The largest absolute Gasteiger partial charge is 0.480 e. The Hall–Kier alpha value is -2.72. The van der Waals surface area contributed by atoms with Crippen LogP contribution >= 0.6 is 0 Å². The minimum atomic E-state index is -1.27. The molecule has 0 spiro atoms. The molecule has 3 N–H and O–H groups in total. The highest BCUT2D eigenvalue weighted by molar-refractivity contribution is 5.83. The van der Waals surface area contributed by atoms with Crippen LogP contribution in [0.25, 0.3) is 22.2 Å². The second-order valence-electron chi connectivity index (χ2n) is 5.99. The monoisotopic (exact) mass is 306 g/mol. The van der Waals surface area contributed by atoms with Crippen molar-refractivity contribution < 1.29 is 9.90 Å². The average Bonchev–Trinajstić information content (AvgIpc) is 2.54. The van der Waals surface area contributed by atoms with Crippen molar-refractivity contribution in [2.45, 2.75) is 18.9 Å². The molecule has 4 nitrogen and oxygen atoms in total. The number of aliphatic carboxylic acids is 1. The van der Waals surface area contributed by atoms with Crippen molar-refractivity contribution in [2.75, 3.05) is 0 Å². The maximum Gasteiger partial charge on any atom is 0.323 e. The summed E-state index contributed by atoms with van der Waals surface area (Å²) in [7, 11) is 0. The number of pyridine rings is 1. The van der Waals surface area contributed by atoms with Crippen molar-refractivity contribution in [2.24, 2.45) is 5.73 Å². The number of nitrogens with zero attached hydrogens (tertiary/aromatic N) is 1. The number of carbonyl (C=O) groups is 1. The number of rotatable bonds is 4. The Morgan fingerprint density at radius 3 is 2.57 bits per heavy atom. The van der Waals surface area contributed by atoms with Gasteiger partial charge in [-0.3, -0.25) is 4.79 Å². The summed E-state index contributed by atoms with van der Waals surface area (Å²) in [5.41, 5.74) is 8.30. The topological polar surface area (TPSA) is 76.2 Å². The summed E-state index contributed by atoms with van der Waals surface area (Å²) in [6.45, 7) is 1.52. The van der Waals surface area contributed by atoms with Gasteiger partial charge in [-0.15, -0.1) is 0 Å². The van der Waals surface area contributed by atoms with Crippen LogP contribution in [0.3, 0.4) is 0 Å². The molecule has 0 radical (unpaired) electrons. The first-order valence-electron chi connectivity index (χ1n) is 7.43. The predicted octanol–water partition coefficient (Wildman–Crippen LogP) is 3.25. The van der Waals surface area contributed by atoms with Gasteiger partial charge < -0.3 is 10.8 Å². The third-order valence-electron chi connectivity index (χ3n) is 3.88. The molecule has 0 bridgehead atoms. The molecule has 1 unspecified atom stereocenters. The first kappa shape index (κ1) is 15.2. The molecule has 3 aromatic rings. The van der Waals surface area contributed by atoms with Crippen LogP contribution in [0.15, 0.2) is 60.7 Å². The number of carboxylic acid groups (broad SMARTS) is 1. The normalized spacial score (nSPS) is 13.7. The molecule has 0 aliphatic rings. The summed E-state index contributed by atoms with van der Waals surface area (Å²) in [6, 6.07) is 19.7. The molecule has 23 heavy (non-hydrogen) atoms. The number of benzene rings is 2. The Balaban J connectivity index is 1.95. The van der Waals surface area contributed by atoms with E-state index in [0.29, 0.717) is 0 Å². The highest BCUT2D eigenvalue weighted by atomic mass is 16.4. The van der Waals surface area contributed by atoms with Crippen LogP contribution < -0.4 is 5.73 Å². The SMILES string of the molecule is CC(N)(Cc1ccc2nc(-c3ccccc3)ccc2c1)C(=O)O. The van der Waals surface area contributed by atoms with Crippen LogP contribution in [-0.2, 0) is 11.2 Å². The van der Waals surface area contributed by atoms with Gasteiger partial charge in [-0.1, -0.05) is 42.5 Å². The Morgan fingerprint density at radius 2 is 1.87 bits per heavy atom. The van der Waals surface area contributed by atoms with E-state index in [-0.39, 0.29) is 6.42 Å². The van der Waals surface area contributed by atoms with Crippen LogP contribution in [0.1, 0.15) is 12.5 Å². The van der Waals surface area contributed by atoms with E-state index >= 15 is 0 Å². The van der Waals surface area contributed by atoms with Gasteiger partial charge in [-0.2, -0.15) is 0 Å². The van der Waals surface area contributed by atoms with Crippen LogP contribution in [0.4, 0.5) is 0 Å². The molecule has 2 aromatic carbocycles. The van der Waals surface area contributed by atoms with Gasteiger partial charge in [0.1, 0.15) is 5.54 Å². The lowest BCUT2D eigenvalue weighted by Crippen LogP contribution is -2.46. The Kier molecular flexibility index (Phi) is 3.84. The molecular formula is C19H18N2O2. The van der Waals surface area contributed by atoms with E-state index in [2.05, 4.69) is 4.98 Å². The fourth-order valence-electron chi connectivity index (χ4n) is 2.55. The predicted molar refractivity (Wildman–Crippen MR) is 91.1 cm³/mol. The number of hydrogen-bond acceptors (Lipinski definition) is 3. The van der Waals surface area contributed by atoms with Crippen LogP contribution in [-0.4, -0.2) is 21.6 Å². The second-order valence-corrected chi connectivity index (χ2v) is 5.99. The molecule has 0 aliphatic carbocycles. The second kappa shape index (κ2) is 5.82. The van der Waals surface area contributed by atoms with Crippen molar-refractivity contribution in [3.05, 3.63) is 66.2 Å². The molecule has 0 aliphatic heterocycles. The average molecular weight is 306 g/mol. The van der Waals surface area contributed by atoms with Crippen molar-refractivity contribution in [1.29, 1.82) is 0 Å². The molecule has 0 fully saturated rings. The zero-order chi connectivity index (χ0) is 16.4. The number of nitrogens with two attached hydrogens (primary N) is 1. The standard InChI is InChI=1S/C19H18N2O2/c1-19(20,18(22)23)12-13-7-9-17-15(11-13)8-10-16(21-17)14-5-3-2-4-6-14/h2-11H,12,20H2,1H3,(H,22,23). The van der Waals surface area contributed by atoms with E-state index in [1.807, 2.05) is 60.7 Å². The van der Waals surface area contributed by atoms with Crippen molar-refractivity contribution >= 4 is 16.9 Å². The van der Waals surface area contributed by atoms with Gasteiger partial charge >= 0.3 is 5.97 Å². The molecule has 1 heterocycles. The quantitative estimate of drug-likeness (QED) is 0.776. The number of aromatic nitrogens is 1. The van der Waals surface area contributed by atoms with Gasteiger partial charge in [0.15, 0.2) is 0 Å². The Morgan fingerprint density at radius 1 is 1.13 bits per heavy atom. The molecule has 4 heteroatoms. The van der Waals surface area contributed by atoms with Gasteiger partial charge in [0.2, 0.25) is 0 Å². The Labute approximate surface area is 134 Å². The van der Waals surface area contributed by atoms with E-state index < -0.39 is 11.5 Å². The summed E-state index contributed by atoms with van der Waals surface area (Å²) in [5.74, 6) is -1.00. The van der Waals surface area contributed by atoms with Gasteiger partial charge in [-0.25, -0.2) is 4.98 Å². The lowest BCUT2D eigenvalue weighted by molar-refractivity contribution is -0.142. The maximum atomic E-state index is 11.2. The lowest BCUT2D eigenvalue weighted by atomic mass is 9.93. The van der Waals surface area contributed by atoms with E-state index in [4.69, 9.17) is 10.8 Å². The summed E-state index contributed by atoms with van der Waals surface area (Å²) in [5, 5.41) is 10.1. The van der Waals surface area contributed by atoms with E-state index in [1.54, 1.807) is 0 Å². The number of fused-ring (bicyclic) bond motifs is 1. The van der Waals surface area contributed by atoms with Crippen molar-refractivity contribution in [3.63, 3.8) is 0 Å². The van der Waals surface area contributed by atoms with Gasteiger partial charge in [0, 0.05) is 17.4 Å². The molecule has 0 amide bonds. The molecule has 3 rings (SSSR count). The first-order valence-corrected chi connectivity index (χ1v) is 7.43. The molecule has 1 atom stereocenters. The lowest BCUT2D eigenvalue weighted by Gasteiger charge is -2.19. The van der Waals surface area contributed by atoms with E-state index in [9.17, 15) is 4.79 Å². The van der Waals surface area contributed by atoms with Crippen LogP contribution in [0.5, 0.6) is 0 Å². The van der Waals surface area contributed by atoms with E-state index in [1.165, 1.54) is 6.92 Å². The molecule has 0 saturated carbocycles. The van der Waals surface area contributed by atoms with E-state index in [0.717, 1.165) is 27.7 Å². The molecule has 0 saturated heterocycles. The molecular weight excluding hydrogens is 288 g/mol. The highest BCUT2D eigenvalue weighted by Gasteiger charge is 2.28. The third kappa shape index (κ3) is 3.22. The zero-order valence-corrected chi connectivity index (χ0v) is 12.9. The first-order chi connectivity index (χ1) is 11.0. The van der Waals surface area contributed by atoms with Gasteiger partial charge in [0.25, 0.3) is 0 Å². The minimum Gasteiger partial charge on any atom is -0.480 e. The third-order valence-corrected chi connectivity index (χ3v) is 3.88. The number of carboxylic acids is 1. The highest BCUT2D eigenvalue weighted by Crippen LogP contribution is 2.22. The van der Waals surface area contributed by atoms with Crippen molar-refractivity contribution in [1.82, 2.24) is 4.98 Å². The summed E-state index contributed by atoms with van der Waals surface area (Å²) < 4.78 is 0. The van der Waals surface area contributed by atoms with Gasteiger partial charge in [-0.05, 0) is 30.7 Å². The Bertz CT molecular complexity index is 858. The minimum absolute atomic E-state index is 0.276.